The predicted molar refractivity (Wildman–Crippen MR) is 98.6 cm³/mol. The number of hydrogen-bond donors (Lipinski definition) is 1. The zero-order chi connectivity index (χ0) is 18.4. The van der Waals surface area contributed by atoms with Crippen LogP contribution < -0.4 is 29.0 Å². The van der Waals surface area contributed by atoms with Crippen molar-refractivity contribution >= 4 is 0 Å². The van der Waals surface area contributed by atoms with Crippen molar-refractivity contribution in [2.45, 2.75) is 25.7 Å². The van der Waals surface area contributed by atoms with Crippen molar-refractivity contribution in [3.8, 4) is 28.7 Å². The van der Waals surface area contributed by atoms with Gasteiger partial charge in [0.25, 0.3) is 0 Å². The van der Waals surface area contributed by atoms with Crippen LogP contribution in [-0.4, -0.2) is 39.7 Å². The molecular weight excluding hydrogens is 334 g/mol. The van der Waals surface area contributed by atoms with Crippen LogP contribution in [0.25, 0.3) is 0 Å². The van der Waals surface area contributed by atoms with E-state index in [0.29, 0.717) is 23.9 Å². The Morgan fingerprint density at radius 3 is 2.42 bits per heavy atom. The van der Waals surface area contributed by atoms with Gasteiger partial charge in [-0.1, -0.05) is 18.2 Å². The summed E-state index contributed by atoms with van der Waals surface area (Å²) in [5, 5.41) is 3.34. The number of para-hydroxylation sites is 3. The van der Waals surface area contributed by atoms with Crippen LogP contribution in [0.4, 0.5) is 0 Å². The molecule has 0 saturated carbocycles. The lowest BCUT2D eigenvalue weighted by Gasteiger charge is -2.27. The summed E-state index contributed by atoms with van der Waals surface area (Å²) in [6, 6.07) is 13.3. The first-order valence-corrected chi connectivity index (χ1v) is 8.70. The minimum atomic E-state index is -0.211. The molecule has 1 aliphatic rings. The molecule has 3 rings (SSSR count). The first-order chi connectivity index (χ1) is 12.7. The monoisotopic (exact) mass is 359 g/mol. The van der Waals surface area contributed by atoms with Crippen molar-refractivity contribution in [2.75, 3.05) is 27.4 Å². The lowest BCUT2D eigenvalue weighted by Crippen LogP contribution is -2.37. The fraction of sp³-hybridized carbons (Fsp3) is 0.400. The van der Waals surface area contributed by atoms with Crippen LogP contribution in [0.5, 0.6) is 28.7 Å². The summed E-state index contributed by atoms with van der Waals surface area (Å²) in [4.78, 5) is 0. The number of fused-ring (bicyclic) bond motifs is 1. The second kappa shape index (κ2) is 8.67. The van der Waals surface area contributed by atoms with Gasteiger partial charge in [0.1, 0.15) is 18.9 Å². The standard InChI is InChI=1S/C20H25NO5/c1-14(25-20-18(22-2)9-6-10-19(20)23-3)21-12-11-15-13-24-16-7-4-5-8-17(16)26-15/h4-10,14-15,21H,11-13H2,1-3H3. The summed E-state index contributed by atoms with van der Waals surface area (Å²) >= 11 is 0. The maximum atomic E-state index is 5.97. The zero-order valence-electron chi connectivity index (χ0n) is 15.4. The number of rotatable bonds is 8. The zero-order valence-corrected chi connectivity index (χ0v) is 15.4. The van der Waals surface area contributed by atoms with E-state index in [0.717, 1.165) is 24.5 Å². The lowest BCUT2D eigenvalue weighted by atomic mass is 10.2. The largest absolute Gasteiger partial charge is 0.493 e. The van der Waals surface area contributed by atoms with Crippen LogP contribution in [0.3, 0.4) is 0 Å². The highest BCUT2D eigenvalue weighted by Crippen LogP contribution is 2.37. The minimum Gasteiger partial charge on any atom is -0.493 e. The number of methoxy groups -OCH3 is 2. The van der Waals surface area contributed by atoms with Crippen molar-refractivity contribution < 1.29 is 23.7 Å². The fourth-order valence-corrected chi connectivity index (χ4v) is 2.80. The van der Waals surface area contributed by atoms with Gasteiger partial charge in [0.2, 0.25) is 5.75 Å². The molecule has 6 nitrogen and oxygen atoms in total. The quantitative estimate of drug-likeness (QED) is 0.730. The highest BCUT2D eigenvalue weighted by molar-refractivity contribution is 5.51. The number of ether oxygens (including phenoxy) is 5. The van der Waals surface area contributed by atoms with Crippen LogP contribution in [-0.2, 0) is 0 Å². The molecule has 1 heterocycles. The van der Waals surface area contributed by atoms with Crippen molar-refractivity contribution in [1.82, 2.24) is 5.32 Å². The van der Waals surface area contributed by atoms with E-state index in [1.165, 1.54) is 0 Å². The maximum Gasteiger partial charge on any atom is 0.205 e. The lowest BCUT2D eigenvalue weighted by molar-refractivity contribution is 0.0802. The summed E-state index contributed by atoms with van der Waals surface area (Å²) in [5.74, 6) is 3.46. The van der Waals surface area contributed by atoms with Gasteiger partial charge in [0.15, 0.2) is 23.0 Å². The Bertz CT molecular complexity index is 699. The predicted octanol–water partition coefficient (Wildman–Crippen LogP) is 3.25. The van der Waals surface area contributed by atoms with E-state index in [1.54, 1.807) is 14.2 Å². The van der Waals surface area contributed by atoms with E-state index in [1.807, 2.05) is 49.4 Å². The molecule has 2 atom stereocenters. The van der Waals surface area contributed by atoms with Gasteiger partial charge >= 0.3 is 0 Å². The Kier molecular flexibility index (Phi) is 6.07. The van der Waals surface area contributed by atoms with Crippen LogP contribution >= 0.6 is 0 Å². The molecule has 0 aliphatic carbocycles. The molecule has 2 aromatic rings. The third-order valence-electron chi connectivity index (χ3n) is 4.14. The molecule has 0 spiro atoms. The van der Waals surface area contributed by atoms with E-state index in [2.05, 4.69) is 5.32 Å². The molecule has 140 valence electrons. The summed E-state index contributed by atoms with van der Waals surface area (Å²) in [5.41, 5.74) is 0. The van der Waals surface area contributed by atoms with Crippen molar-refractivity contribution in [3.05, 3.63) is 42.5 Å². The van der Waals surface area contributed by atoms with Crippen LogP contribution in [0, 0.1) is 0 Å². The molecule has 0 saturated heterocycles. The molecule has 6 heteroatoms. The van der Waals surface area contributed by atoms with Crippen LogP contribution in [0.15, 0.2) is 42.5 Å². The molecule has 2 unspecified atom stereocenters. The Morgan fingerprint density at radius 2 is 1.73 bits per heavy atom. The number of benzene rings is 2. The molecule has 2 aromatic carbocycles. The van der Waals surface area contributed by atoms with Gasteiger partial charge in [-0.15, -0.1) is 0 Å². The summed E-state index contributed by atoms with van der Waals surface area (Å²) in [6.07, 6.45) is 0.618. The van der Waals surface area contributed by atoms with E-state index in [9.17, 15) is 0 Å². The van der Waals surface area contributed by atoms with Gasteiger partial charge in [0.05, 0.1) is 14.2 Å². The van der Waals surface area contributed by atoms with Crippen molar-refractivity contribution in [1.29, 1.82) is 0 Å². The molecule has 0 radical (unpaired) electrons. The van der Waals surface area contributed by atoms with E-state index in [-0.39, 0.29) is 12.3 Å². The van der Waals surface area contributed by atoms with Gasteiger partial charge in [-0.2, -0.15) is 0 Å². The third-order valence-corrected chi connectivity index (χ3v) is 4.14. The SMILES string of the molecule is COc1cccc(OC)c1OC(C)NCCC1COc2ccccc2O1. The number of hydrogen-bond acceptors (Lipinski definition) is 6. The molecule has 26 heavy (non-hydrogen) atoms. The van der Waals surface area contributed by atoms with Gasteiger partial charge in [0, 0.05) is 13.0 Å². The Labute approximate surface area is 154 Å². The molecule has 0 bridgehead atoms. The van der Waals surface area contributed by atoms with Crippen molar-refractivity contribution in [2.24, 2.45) is 0 Å². The molecule has 0 fully saturated rings. The van der Waals surface area contributed by atoms with Crippen molar-refractivity contribution in [3.63, 3.8) is 0 Å². The van der Waals surface area contributed by atoms with Gasteiger partial charge in [-0.05, 0) is 31.2 Å². The van der Waals surface area contributed by atoms with E-state index in [4.69, 9.17) is 23.7 Å². The molecule has 0 amide bonds. The van der Waals surface area contributed by atoms with E-state index < -0.39 is 0 Å². The first kappa shape index (κ1) is 18.2. The molecule has 1 aliphatic heterocycles. The highest BCUT2D eigenvalue weighted by Gasteiger charge is 2.21. The summed E-state index contributed by atoms with van der Waals surface area (Å²) < 4.78 is 28.4. The molecular formula is C20H25NO5. The van der Waals surface area contributed by atoms with Gasteiger partial charge < -0.3 is 23.7 Å². The van der Waals surface area contributed by atoms with Crippen LogP contribution in [0.1, 0.15) is 13.3 Å². The minimum absolute atomic E-state index is 0.0189. The number of nitrogens with one attached hydrogen (secondary N) is 1. The smallest absolute Gasteiger partial charge is 0.205 e. The van der Waals surface area contributed by atoms with Gasteiger partial charge in [-0.25, -0.2) is 0 Å². The average Bonchev–Trinajstić information content (AvgIpc) is 2.68. The Hall–Kier alpha value is -2.60. The first-order valence-electron chi connectivity index (χ1n) is 8.70. The topological polar surface area (TPSA) is 58.2 Å². The summed E-state index contributed by atoms with van der Waals surface area (Å²) in [6.45, 7) is 3.22. The normalized spacial score (nSPS) is 16.7. The molecule has 0 aromatic heterocycles. The molecule has 1 N–H and O–H groups in total. The maximum absolute atomic E-state index is 5.97. The fourth-order valence-electron chi connectivity index (χ4n) is 2.80. The van der Waals surface area contributed by atoms with Gasteiger partial charge in [-0.3, -0.25) is 5.32 Å². The van der Waals surface area contributed by atoms with E-state index >= 15 is 0 Å². The average molecular weight is 359 g/mol. The second-order valence-corrected chi connectivity index (χ2v) is 5.99. The Balaban J connectivity index is 1.49. The Morgan fingerprint density at radius 1 is 1.04 bits per heavy atom. The second-order valence-electron chi connectivity index (χ2n) is 5.99. The van der Waals surface area contributed by atoms with Crippen LogP contribution in [0.2, 0.25) is 0 Å². The third kappa shape index (κ3) is 4.32. The summed E-state index contributed by atoms with van der Waals surface area (Å²) in [7, 11) is 3.22. The highest BCUT2D eigenvalue weighted by atomic mass is 16.6.